The lowest BCUT2D eigenvalue weighted by atomic mass is 10.2. The number of amides is 2. The van der Waals surface area contributed by atoms with E-state index in [1.807, 2.05) is 0 Å². The van der Waals surface area contributed by atoms with Gasteiger partial charge in [-0.1, -0.05) is 11.6 Å². The summed E-state index contributed by atoms with van der Waals surface area (Å²) in [4.78, 5) is 24.1. The lowest BCUT2D eigenvalue weighted by molar-refractivity contribution is 0.0998. The van der Waals surface area contributed by atoms with Gasteiger partial charge in [0.2, 0.25) is 5.91 Å². The molecule has 0 unspecified atom stereocenters. The number of primary amides is 1. The van der Waals surface area contributed by atoms with Crippen molar-refractivity contribution in [1.29, 1.82) is 0 Å². The van der Waals surface area contributed by atoms with Crippen molar-refractivity contribution in [2.45, 2.75) is 6.42 Å². The molecule has 0 spiro atoms. The monoisotopic (exact) mass is 254 g/mol. The molecule has 0 saturated carbocycles. The number of nitrogens with zero attached hydrogens (tertiary/aromatic N) is 1. The van der Waals surface area contributed by atoms with E-state index in [0.29, 0.717) is 13.1 Å². The van der Waals surface area contributed by atoms with Crippen molar-refractivity contribution in [1.82, 2.24) is 4.90 Å². The Morgan fingerprint density at radius 2 is 2.06 bits per heavy atom. The Morgan fingerprint density at radius 3 is 2.59 bits per heavy atom. The van der Waals surface area contributed by atoms with Gasteiger partial charge in [-0.25, -0.2) is 4.79 Å². The van der Waals surface area contributed by atoms with Crippen LogP contribution >= 0.6 is 11.6 Å². The maximum atomic E-state index is 11.5. The molecule has 1 aromatic carbocycles. The summed E-state index contributed by atoms with van der Waals surface area (Å²) in [7, 11) is 0. The van der Waals surface area contributed by atoms with Crippen LogP contribution in [0.25, 0.3) is 0 Å². The Hall–Kier alpha value is -1.75. The number of rotatable bonds is 2. The Morgan fingerprint density at radius 1 is 1.35 bits per heavy atom. The predicted molar refractivity (Wildman–Crippen MR) is 62.2 cm³/mol. The number of likely N-dealkylation sites (tertiary alicyclic amines) is 1. The van der Waals surface area contributed by atoms with Crippen molar-refractivity contribution in [2.24, 2.45) is 5.73 Å². The summed E-state index contributed by atoms with van der Waals surface area (Å²) in [6, 6.07) is 4.36. The van der Waals surface area contributed by atoms with Crippen LogP contribution in [0.2, 0.25) is 5.02 Å². The number of nitrogens with two attached hydrogens (primary N) is 1. The van der Waals surface area contributed by atoms with Crippen molar-refractivity contribution < 1.29 is 14.3 Å². The van der Waals surface area contributed by atoms with Gasteiger partial charge in [-0.05, 0) is 24.6 Å². The number of hydrogen-bond acceptors (Lipinski definition) is 3. The van der Waals surface area contributed by atoms with E-state index in [4.69, 9.17) is 22.1 Å². The fourth-order valence-corrected chi connectivity index (χ4v) is 1.63. The molecule has 90 valence electrons. The third-order valence-electron chi connectivity index (χ3n) is 2.52. The maximum Gasteiger partial charge on any atom is 0.415 e. The smallest absolute Gasteiger partial charge is 0.410 e. The molecule has 1 aliphatic rings. The molecule has 5 nitrogen and oxygen atoms in total. The van der Waals surface area contributed by atoms with Gasteiger partial charge >= 0.3 is 6.09 Å². The second-order valence-corrected chi connectivity index (χ2v) is 4.12. The molecule has 0 bridgehead atoms. The van der Waals surface area contributed by atoms with Crippen LogP contribution in [0.3, 0.4) is 0 Å². The molecule has 17 heavy (non-hydrogen) atoms. The molecular formula is C11H11ClN2O3. The van der Waals surface area contributed by atoms with E-state index in [-0.39, 0.29) is 16.3 Å². The first-order chi connectivity index (χ1) is 8.08. The van der Waals surface area contributed by atoms with E-state index in [2.05, 4.69) is 0 Å². The van der Waals surface area contributed by atoms with Gasteiger partial charge in [0, 0.05) is 13.1 Å². The van der Waals surface area contributed by atoms with Crippen LogP contribution in [0.1, 0.15) is 16.8 Å². The van der Waals surface area contributed by atoms with Crippen LogP contribution in [0.5, 0.6) is 5.75 Å². The first-order valence-electron chi connectivity index (χ1n) is 5.14. The molecule has 1 saturated heterocycles. The molecule has 6 heteroatoms. The second-order valence-electron chi connectivity index (χ2n) is 3.71. The van der Waals surface area contributed by atoms with Crippen LogP contribution in [-0.2, 0) is 0 Å². The van der Waals surface area contributed by atoms with Gasteiger partial charge in [-0.15, -0.1) is 0 Å². The summed E-state index contributed by atoms with van der Waals surface area (Å²) >= 11 is 5.78. The minimum Gasteiger partial charge on any atom is -0.410 e. The summed E-state index contributed by atoms with van der Waals surface area (Å²) in [5, 5.41) is 0.237. The topological polar surface area (TPSA) is 72.6 Å². The van der Waals surface area contributed by atoms with E-state index in [1.54, 1.807) is 4.90 Å². The van der Waals surface area contributed by atoms with Gasteiger partial charge in [0.1, 0.15) is 5.75 Å². The lowest BCUT2D eigenvalue weighted by Gasteiger charge is -2.29. The number of benzene rings is 1. The molecule has 1 aromatic rings. The molecule has 0 aliphatic carbocycles. The van der Waals surface area contributed by atoms with Gasteiger partial charge in [0.25, 0.3) is 0 Å². The van der Waals surface area contributed by atoms with Gasteiger partial charge < -0.3 is 15.4 Å². The van der Waals surface area contributed by atoms with Crippen molar-refractivity contribution in [3.05, 3.63) is 28.8 Å². The first kappa shape index (κ1) is 11.7. The van der Waals surface area contributed by atoms with Crippen molar-refractivity contribution in [3.8, 4) is 5.75 Å². The second kappa shape index (κ2) is 4.63. The molecular weight excluding hydrogens is 244 g/mol. The Balaban J connectivity index is 2.13. The van der Waals surface area contributed by atoms with Crippen molar-refractivity contribution >= 4 is 23.6 Å². The van der Waals surface area contributed by atoms with Gasteiger partial charge in [0.05, 0.1) is 10.6 Å². The zero-order chi connectivity index (χ0) is 12.4. The molecule has 2 amide bonds. The summed E-state index contributed by atoms with van der Waals surface area (Å²) in [5.74, 6) is -0.392. The minimum absolute atomic E-state index is 0.139. The Kier molecular flexibility index (Phi) is 3.19. The summed E-state index contributed by atoms with van der Waals surface area (Å²) in [6.45, 7) is 1.41. The highest BCUT2D eigenvalue weighted by atomic mass is 35.5. The maximum absolute atomic E-state index is 11.5. The SMILES string of the molecule is NC(=O)c1cc(OC(=O)N2CCC2)ccc1Cl. The largest absolute Gasteiger partial charge is 0.415 e. The van der Waals surface area contributed by atoms with E-state index < -0.39 is 12.0 Å². The minimum atomic E-state index is -0.656. The number of hydrogen-bond donors (Lipinski definition) is 1. The number of carbonyl (C=O) groups is 2. The van der Waals surface area contributed by atoms with E-state index in [9.17, 15) is 9.59 Å². The summed E-state index contributed by atoms with van der Waals surface area (Å²) in [6.07, 6.45) is 0.566. The summed E-state index contributed by atoms with van der Waals surface area (Å²) in [5.41, 5.74) is 5.28. The van der Waals surface area contributed by atoms with E-state index in [1.165, 1.54) is 18.2 Å². The van der Waals surface area contributed by atoms with Gasteiger partial charge in [-0.3, -0.25) is 4.79 Å². The van der Waals surface area contributed by atoms with Crippen molar-refractivity contribution in [2.75, 3.05) is 13.1 Å². The highest BCUT2D eigenvalue weighted by molar-refractivity contribution is 6.33. The molecule has 0 aromatic heterocycles. The Bertz CT molecular complexity index is 472. The number of halogens is 1. The van der Waals surface area contributed by atoms with Gasteiger partial charge in [0.15, 0.2) is 0 Å². The van der Waals surface area contributed by atoms with Crippen LogP contribution in [0.15, 0.2) is 18.2 Å². The zero-order valence-corrected chi connectivity index (χ0v) is 9.74. The van der Waals surface area contributed by atoms with Crippen LogP contribution in [0.4, 0.5) is 4.79 Å². The molecule has 0 radical (unpaired) electrons. The number of carbonyl (C=O) groups excluding carboxylic acids is 2. The standard InChI is InChI=1S/C11H11ClN2O3/c12-9-3-2-7(6-8(9)10(13)15)17-11(16)14-4-1-5-14/h2-3,6H,1,4-5H2,(H2,13,15). The molecule has 1 aliphatic heterocycles. The lowest BCUT2D eigenvalue weighted by Crippen LogP contribution is -2.43. The predicted octanol–water partition coefficient (Wildman–Crippen LogP) is 1.64. The van der Waals surface area contributed by atoms with Crippen LogP contribution < -0.4 is 10.5 Å². The Labute approximate surface area is 103 Å². The normalized spacial score (nSPS) is 14.1. The fourth-order valence-electron chi connectivity index (χ4n) is 1.42. The third-order valence-corrected chi connectivity index (χ3v) is 2.85. The molecule has 1 heterocycles. The first-order valence-corrected chi connectivity index (χ1v) is 5.52. The quantitative estimate of drug-likeness (QED) is 0.872. The molecule has 1 fully saturated rings. The highest BCUT2D eigenvalue weighted by Crippen LogP contribution is 2.22. The average molecular weight is 255 g/mol. The third kappa shape index (κ3) is 2.50. The van der Waals surface area contributed by atoms with Gasteiger partial charge in [-0.2, -0.15) is 0 Å². The highest BCUT2D eigenvalue weighted by Gasteiger charge is 2.22. The molecule has 2 N–H and O–H groups in total. The summed E-state index contributed by atoms with van der Waals surface area (Å²) < 4.78 is 5.08. The van der Waals surface area contributed by atoms with Crippen molar-refractivity contribution in [3.63, 3.8) is 0 Å². The fraction of sp³-hybridized carbons (Fsp3) is 0.273. The van der Waals surface area contributed by atoms with Crippen LogP contribution in [-0.4, -0.2) is 30.0 Å². The average Bonchev–Trinajstić information content (AvgIpc) is 2.17. The number of ether oxygens (including phenoxy) is 1. The molecule has 2 rings (SSSR count). The van der Waals surface area contributed by atoms with Crippen LogP contribution in [0, 0.1) is 0 Å². The van der Waals surface area contributed by atoms with E-state index >= 15 is 0 Å². The molecule has 0 atom stereocenters. The van der Waals surface area contributed by atoms with E-state index in [0.717, 1.165) is 6.42 Å². The zero-order valence-electron chi connectivity index (χ0n) is 8.98.